The number of anilines is 1. The summed E-state index contributed by atoms with van der Waals surface area (Å²) >= 11 is 11.7. The van der Waals surface area contributed by atoms with Gasteiger partial charge in [0.25, 0.3) is 0 Å². The van der Waals surface area contributed by atoms with Crippen LogP contribution in [0.25, 0.3) is 0 Å². The minimum absolute atomic E-state index is 0.149. The summed E-state index contributed by atoms with van der Waals surface area (Å²) in [6.45, 7) is 4.50. The minimum atomic E-state index is -0.591. The first-order valence-corrected chi connectivity index (χ1v) is 6.93. The molecule has 0 bridgehead atoms. The van der Waals surface area contributed by atoms with Gasteiger partial charge < -0.3 is 20.1 Å². The largest absolute Gasteiger partial charge is 0.348 e. The smallest absolute Gasteiger partial charge is 0.319 e. The van der Waals surface area contributed by atoms with Crippen molar-refractivity contribution >= 4 is 34.9 Å². The van der Waals surface area contributed by atoms with Gasteiger partial charge in [-0.2, -0.15) is 0 Å². The van der Waals surface area contributed by atoms with Crippen molar-refractivity contribution in [3.05, 3.63) is 28.2 Å². The fourth-order valence-corrected chi connectivity index (χ4v) is 2.12. The molecule has 1 fully saturated rings. The van der Waals surface area contributed by atoms with Gasteiger partial charge in [0.2, 0.25) is 0 Å². The average Bonchev–Trinajstić information content (AvgIpc) is 2.71. The number of hydrogen-bond donors (Lipinski definition) is 2. The highest BCUT2D eigenvalue weighted by atomic mass is 35.5. The Bertz CT molecular complexity index is 508. The van der Waals surface area contributed by atoms with E-state index in [2.05, 4.69) is 10.6 Å². The van der Waals surface area contributed by atoms with E-state index in [1.165, 1.54) is 0 Å². The summed E-state index contributed by atoms with van der Waals surface area (Å²) in [6.07, 6.45) is -0.149. The van der Waals surface area contributed by atoms with Crippen LogP contribution in [0.2, 0.25) is 10.0 Å². The maximum Gasteiger partial charge on any atom is 0.319 e. The average molecular weight is 319 g/mol. The SMILES string of the molecule is CC1(C)OCC(CNC(=O)Nc2ccc(Cl)c(Cl)c2)O1. The van der Waals surface area contributed by atoms with Gasteiger partial charge in [0, 0.05) is 12.2 Å². The normalized spacial score (nSPS) is 20.7. The van der Waals surface area contributed by atoms with Crippen LogP contribution < -0.4 is 10.6 Å². The number of hydrogen-bond acceptors (Lipinski definition) is 3. The first kappa shape index (κ1) is 15.4. The van der Waals surface area contributed by atoms with Crippen LogP contribution >= 0.6 is 23.2 Å². The zero-order valence-electron chi connectivity index (χ0n) is 11.2. The fourth-order valence-electron chi connectivity index (χ4n) is 1.82. The molecule has 2 N–H and O–H groups in total. The van der Waals surface area contributed by atoms with Gasteiger partial charge in [-0.15, -0.1) is 0 Å². The molecule has 1 aromatic carbocycles. The van der Waals surface area contributed by atoms with Gasteiger partial charge in [-0.3, -0.25) is 0 Å². The van der Waals surface area contributed by atoms with E-state index in [0.29, 0.717) is 28.9 Å². The van der Waals surface area contributed by atoms with E-state index in [0.717, 1.165) is 0 Å². The van der Waals surface area contributed by atoms with Crippen molar-refractivity contribution in [1.29, 1.82) is 0 Å². The zero-order chi connectivity index (χ0) is 14.8. The van der Waals surface area contributed by atoms with Crippen LogP contribution in [-0.2, 0) is 9.47 Å². The second-order valence-corrected chi connectivity index (χ2v) is 5.73. The first-order chi connectivity index (χ1) is 9.35. The molecule has 1 atom stereocenters. The Morgan fingerprint density at radius 2 is 2.15 bits per heavy atom. The molecule has 0 aromatic heterocycles. The highest BCUT2D eigenvalue weighted by molar-refractivity contribution is 6.42. The van der Waals surface area contributed by atoms with E-state index in [1.54, 1.807) is 18.2 Å². The number of halogens is 2. The zero-order valence-corrected chi connectivity index (χ0v) is 12.7. The van der Waals surface area contributed by atoms with Crippen LogP contribution in [0.5, 0.6) is 0 Å². The Kier molecular flexibility index (Phi) is 4.75. The van der Waals surface area contributed by atoms with Gasteiger partial charge in [-0.25, -0.2) is 4.79 Å². The summed E-state index contributed by atoms with van der Waals surface area (Å²) in [4.78, 5) is 11.7. The van der Waals surface area contributed by atoms with Crippen LogP contribution in [0.1, 0.15) is 13.8 Å². The predicted octanol–water partition coefficient (Wildman–Crippen LogP) is 3.27. The molecule has 20 heavy (non-hydrogen) atoms. The van der Waals surface area contributed by atoms with Crippen LogP contribution in [0.15, 0.2) is 18.2 Å². The molecule has 2 rings (SSSR count). The Morgan fingerprint density at radius 3 is 2.75 bits per heavy atom. The van der Waals surface area contributed by atoms with Crippen molar-refractivity contribution < 1.29 is 14.3 Å². The van der Waals surface area contributed by atoms with Crippen molar-refractivity contribution in [3.8, 4) is 0 Å². The molecule has 5 nitrogen and oxygen atoms in total. The lowest BCUT2D eigenvalue weighted by atomic mass is 10.3. The lowest BCUT2D eigenvalue weighted by Crippen LogP contribution is -2.37. The van der Waals surface area contributed by atoms with Gasteiger partial charge in [-0.1, -0.05) is 23.2 Å². The number of ether oxygens (including phenoxy) is 2. The fraction of sp³-hybridized carbons (Fsp3) is 0.462. The number of carbonyl (C=O) groups excluding carboxylic acids is 1. The number of amides is 2. The summed E-state index contributed by atoms with van der Waals surface area (Å²) in [5.74, 6) is -0.591. The Labute approximate surface area is 127 Å². The summed E-state index contributed by atoms with van der Waals surface area (Å²) in [7, 11) is 0. The van der Waals surface area contributed by atoms with Crippen LogP contribution in [0.3, 0.4) is 0 Å². The summed E-state index contributed by atoms with van der Waals surface area (Å²) < 4.78 is 11.0. The number of carbonyl (C=O) groups is 1. The van der Waals surface area contributed by atoms with E-state index in [1.807, 2.05) is 13.8 Å². The lowest BCUT2D eigenvalue weighted by molar-refractivity contribution is -0.137. The van der Waals surface area contributed by atoms with E-state index in [4.69, 9.17) is 32.7 Å². The summed E-state index contributed by atoms with van der Waals surface area (Å²) in [5, 5.41) is 6.21. The number of rotatable bonds is 3. The van der Waals surface area contributed by atoms with E-state index >= 15 is 0 Å². The summed E-state index contributed by atoms with van der Waals surface area (Å²) in [6, 6.07) is 4.54. The quantitative estimate of drug-likeness (QED) is 0.899. The molecule has 1 unspecified atom stereocenters. The van der Waals surface area contributed by atoms with Crippen LogP contribution in [0, 0.1) is 0 Å². The van der Waals surface area contributed by atoms with Crippen LogP contribution in [-0.4, -0.2) is 31.1 Å². The maximum atomic E-state index is 11.7. The highest BCUT2D eigenvalue weighted by Gasteiger charge is 2.32. The third-order valence-electron chi connectivity index (χ3n) is 2.74. The van der Waals surface area contributed by atoms with Crippen molar-refractivity contribution in [2.24, 2.45) is 0 Å². The topological polar surface area (TPSA) is 59.6 Å². The molecule has 110 valence electrons. The molecule has 1 aliphatic heterocycles. The monoisotopic (exact) mass is 318 g/mol. The molecule has 0 saturated carbocycles. The third kappa shape index (κ3) is 4.24. The molecule has 1 heterocycles. The molecule has 0 spiro atoms. The van der Waals surface area contributed by atoms with Crippen molar-refractivity contribution in [1.82, 2.24) is 5.32 Å². The van der Waals surface area contributed by atoms with Gasteiger partial charge in [0.05, 0.1) is 16.7 Å². The molecule has 1 saturated heterocycles. The molecule has 1 aliphatic rings. The van der Waals surface area contributed by atoms with Crippen molar-refractivity contribution in [2.75, 3.05) is 18.5 Å². The van der Waals surface area contributed by atoms with Gasteiger partial charge in [-0.05, 0) is 32.0 Å². The Hall–Kier alpha value is -1.01. The Balaban J connectivity index is 1.79. The summed E-state index contributed by atoms with van der Waals surface area (Å²) in [5.41, 5.74) is 0.570. The van der Waals surface area contributed by atoms with Gasteiger partial charge in [0.1, 0.15) is 6.10 Å². The van der Waals surface area contributed by atoms with E-state index < -0.39 is 5.79 Å². The molecular weight excluding hydrogens is 303 g/mol. The minimum Gasteiger partial charge on any atom is -0.348 e. The standard InChI is InChI=1S/C13H16Cl2N2O3/c1-13(2)19-7-9(20-13)6-16-12(18)17-8-3-4-10(14)11(15)5-8/h3-5,9H,6-7H2,1-2H3,(H2,16,17,18). The molecule has 2 amide bonds. The predicted molar refractivity (Wildman–Crippen MR) is 78.4 cm³/mol. The maximum absolute atomic E-state index is 11.7. The van der Waals surface area contributed by atoms with Gasteiger partial charge >= 0.3 is 6.03 Å². The number of benzene rings is 1. The molecule has 0 aliphatic carbocycles. The second kappa shape index (κ2) is 6.18. The van der Waals surface area contributed by atoms with Crippen LogP contribution in [0.4, 0.5) is 10.5 Å². The van der Waals surface area contributed by atoms with Crippen molar-refractivity contribution in [3.63, 3.8) is 0 Å². The van der Waals surface area contributed by atoms with E-state index in [9.17, 15) is 4.79 Å². The first-order valence-electron chi connectivity index (χ1n) is 6.17. The number of urea groups is 1. The van der Waals surface area contributed by atoms with Crippen molar-refractivity contribution in [2.45, 2.75) is 25.7 Å². The molecule has 0 radical (unpaired) electrons. The third-order valence-corrected chi connectivity index (χ3v) is 3.47. The lowest BCUT2D eigenvalue weighted by Gasteiger charge is -2.17. The molecular formula is C13H16Cl2N2O3. The molecule has 7 heteroatoms. The Morgan fingerprint density at radius 1 is 1.40 bits per heavy atom. The van der Waals surface area contributed by atoms with Gasteiger partial charge in [0.15, 0.2) is 5.79 Å². The van der Waals surface area contributed by atoms with E-state index in [-0.39, 0.29) is 12.1 Å². The highest BCUT2D eigenvalue weighted by Crippen LogP contribution is 2.25. The second-order valence-electron chi connectivity index (χ2n) is 4.91. The molecule has 1 aromatic rings. The number of nitrogens with one attached hydrogen (secondary N) is 2.